The van der Waals surface area contributed by atoms with Crippen LogP contribution in [0.5, 0.6) is 0 Å². The van der Waals surface area contributed by atoms with Crippen LogP contribution in [0.1, 0.15) is 62.1 Å². The first-order valence-corrected chi connectivity index (χ1v) is 7.54. The average Bonchev–Trinajstić information content (AvgIpc) is 3.16. The van der Waals surface area contributed by atoms with Crippen LogP contribution in [0.25, 0.3) is 0 Å². The molecule has 1 aliphatic rings. The second-order valence-corrected chi connectivity index (χ2v) is 5.80. The van der Waals surface area contributed by atoms with Gasteiger partial charge in [0.1, 0.15) is 5.69 Å². The lowest BCUT2D eigenvalue weighted by molar-refractivity contribution is -0.137. The zero-order valence-electron chi connectivity index (χ0n) is 12.9. The van der Waals surface area contributed by atoms with Crippen molar-refractivity contribution >= 4 is 11.9 Å². The molecule has 1 N–H and O–H groups in total. The van der Waals surface area contributed by atoms with Crippen molar-refractivity contribution < 1.29 is 14.7 Å². The molecule has 0 spiro atoms. The van der Waals surface area contributed by atoms with E-state index in [1.165, 1.54) is 0 Å². The minimum atomic E-state index is -0.875. The summed E-state index contributed by atoms with van der Waals surface area (Å²) in [6.07, 6.45) is 1.91. The number of hydrogen-bond donors (Lipinski definition) is 1. The van der Waals surface area contributed by atoms with Gasteiger partial charge in [-0.15, -0.1) is 0 Å². The van der Waals surface area contributed by atoms with Gasteiger partial charge in [-0.1, -0.05) is 13.8 Å². The lowest BCUT2D eigenvalue weighted by Gasteiger charge is -2.21. The fraction of sp³-hybridized carbons (Fsp3) is 0.667. The van der Waals surface area contributed by atoms with Crippen molar-refractivity contribution in [2.24, 2.45) is 0 Å². The van der Waals surface area contributed by atoms with Crippen molar-refractivity contribution in [1.82, 2.24) is 14.7 Å². The molecule has 0 radical (unpaired) electrons. The Balaban J connectivity index is 2.21. The van der Waals surface area contributed by atoms with Gasteiger partial charge in [0.15, 0.2) is 0 Å². The van der Waals surface area contributed by atoms with E-state index < -0.39 is 5.97 Å². The molecule has 0 saturated heterocycles. The number of carboxylic acids is 1. The monoisotopic (exact) mass is 293 g/mol. The molecule has 1 fully saturated rings. The lowest BCUT2D eigenvalue weighted by atomic mass is 10.1. The summed E-state index contributed by atoms with van der Waals surface area (Å²) in [4.78, 5) is 25.2. The summed E-state index contributed by atoms with van der Waals surface area (Å²) in [5.74, 6) is -0.710. The van der Waals surface area contributed by atoms with Crippen molar-refractivity contribution in [1.29, 1.82) is 0 Å². The van der Waals surface area contributed by atoms with Crippen LogP contribution in [-0.4, -0.2) is 44.3 Å². The molecule has 0 bridgehead atoms. The van der Waals surface area contributed by atoms with Crippen molar-refractivity contribution in [3.8, 4) is 0 Å². The fourth-order valence-electron chi connectivity index (χ4n) is 2.33. The Labute approximate surface area is 124 Å². The summed E-state index contributed by atoms with van der Waals surface area (Å²) in [7, 11) is 0. The van der Waals surface area contributed by atoms with Gasteiger partial charge in [0.2, 0.25) is 0 Å². The largest absolute Gasteiger partial charge is 0.481 e. The molecule has 1 amide bonds. The van der Waals surface area contributed by atoms with E-state index in [0.29, 0.717) is 12.2 Å². The number of carbonyl (C=O) groups is 2. The fourth-order valence-corrected chi connectivity index (χ4v) is 2.33. The highest BCUT2D eigenvalue weighted by molar-refractivity contribution is 5.93. The highest BCUT2D eigenvalue weighted by atomic mass is 16.4. The van der Waals surface area contributed by atoms with E-state index in [2.05, 4.69) is 5.10 Å². The molecule has 0 atom stereocenters. The minimum Gasteiger partial charge on any atom is -0.481 e. The first kappa shape index (κ1) is 15.5. The van der Waals surface area contributed by atoms with E-state index in [1.54, 1.807) is 9.58 Å². The Morgan fingerprint density at radius 1 is 1.48 bits per heavy atom. The smallest absolute Gasteiger partial charge is 0.305 e. The van der Waals surface area contributed by atoms with Gasteiger partial charge in [0, 0.05) is 19.1 Å². The van der Waals surface area contributed by atoms with Crippen molar-refractivity contribution in [3.05, 3.63) is 17.5 Å². The summed E-state index contributed by atoms with van der Waals surface area (Å²) in [5, 5.41) is 13.3. The molecule has 116 valence electrons. The molecular formula is C15H23N3O3. The van der Waals surface area contributed by atoms with Crippen molar-refractivity contribution in [2.45, 2.75) is 58.5 Å². The van der Waals surface area contributed by atoms with Gasteiger partial charge in [-0.2, -0.15) is 5.10 Å². The Morgan fingerprint density at radius 2 is 2.14 bits per heavy atom. The van der Waals surface area contributed by atoms with Gasteiger partial charge in [0.05, 0.1) is 12.1 Å². The molecule has 21 heavy (non-hydrogen) atoms. The van der Waals surface area contributed by atoms with Crippen molar-refractivity contribution in [2.75, 3.05) is 6.54 Å². The number of nitrogens with zero attached hydrogens (tertiary/aromatic N) is 3. The van der Waals surface area contributed by atoms with Crippen LogP contribution < -0.4 is 0 Å². The SMILES string of the molecule is CCn1nc(C(C)C)cc1C(=O)N(CCC(=O)O)C1CC1. The number of amides is 1. The average molecular weight is 293 g/mol. The molecule has 2 rings (SSSR count). The standard InChI is InChI=1S/C15H23N3O3/c1-4-18-13(9-12(16-18)10(2)3)15(21)17(11-5-6-11)8-7-14(19)20/h9-11H,4-8H2,1-3H3,(H,19,20). The van der Waals surface area contributed by atoms with E-state index >= 15 is 0 Å². The van der Waals surface area contributed by atoms with E-state index in [1.807, 2.05) is 26.8 Å². The normalized spacial score (nSPS) is 14.5. The number of carbonyl (C=O) groups excluding carboxylic acids is 1. The number of rotatable bonds is 7. The Bertz CT molecular complexity index is 532. The van der Waals surface area contributed by atoms with Crippen LogP contribution in [0.4, 0.5) is 0 Å². The predicted molar refractivity (Wildman–Crippen MR) is 78.3 cm³/mol. The van der Waals surface area contributed by atoms with Crippen LogP contribution in [0.15, 0.2) is 6.07 Å². The second-order valence-electron chi connectivity index (χ2n) is 5.80. The summed E-state index contributed by atoms with van der Waals surface area (Å²) < 4.78 is 1.72. The zero-order chi connectivity index (χ0) is 15.6. The first-order valence-electron chi connectivity index (χ1n) is 7.54. The van der Waals surface area contributed by atoms with Crippen molar-refractivity contribution in [3.63, 3.8) is 0 Å². The third-order valence-electron chi connectivity index (χ3n) is 3.72. The van der Waals surface area contributed by atoms with Crippen LogP contribution in [0.3, 0.4) is 0 Å². The predicted octanol–water partition coefficient (Wildman–Crippen LogP) is 2.11. The number of aliphatic carboxylic acids is 1. The lowest BCUT2D eigenvalue weighted by Crippen LogP contribution is -2.36. The van der Waals surface area contributed by atoms with Crippen LogP contribution in [0, 0.1) is 0 Å². The van der Waals surface area contributed by atoms with Gasteiger partial charge >= 0.3 is 5.97 Å². The highest BCUT2D eigenvalue weighted by Crippen LogP contribution is 2.29. The minimum absolute atomic E-state index is 0.0143. The van der Waals surface area contributed by atoms with Gasteiger partial charge in [-0.05, 0) is 31.7 Å². The number of aromatic nitrogens is 2. The van der Waals surface area contributed by atoms with E-state index in [-0.39, 0.29) is 30.8 Å². The van der Waals surface area contributed by atoms with Gasteiger partial charge in [0.25, 0.3) is 5.91 Å². The molecule has 0 unspecified atom stereocenters. The van der Waals surface area contributed by atoms with E-state index in [9.17, 15) is 9.59 Å². The molecule has 0 aliphatic heterocycles. The molecule has 0 aromatic carbocycles. The summed E-state index contributed by atoms with van der Waals surface area (Å²) in [6.45, 7) is 6.93. The Morgan fingerprint density at radius 3 is 2.62 bits per heavy atom. The van der Waals surface area contributed by atoms with Gasteiger partial charge < -0.3 is 10.0 Å². The topological polar surface area (TPSA) is 75.4 Å². The molecule has 1 heterocycles. The zero-order valence-corrected chi connectivity index (χ0v) is 12.9. The Kier molecular flexibility index (Phi) is 4.65. The molecule has 6 heteroatoms. The molecule has 1 aromatic heterocycles. The summed E-state index contributed by atoms with van der Waals surface area (Å²) in [5.41, 5.74) is 1.47. The Hall–Kier alpha value is -1.85. The summed E-state index contributed by atoms with van der Waals surface area (Å²) >= 11 is 0. The molecule has 1 saturated carbocycles. The molecule has 1 aromatic rings. The van der Waals surface area contributed by atoms with E-state index in [0.717, 1.165) is 18.5 Å². The second kappa shape index (κ2) is 6.28. The van der Waals surface area contributed by atoms with Gasteiger partial charge in [-0.25, -0.2) is 0 Å². The maximum Gasteiger partial charge on any atom is 0.305 e. The molecule has 1 aliphatic carbocycles. The maximum atomic E-state index is 12.7. The maximum absolute atomic E-state index is 12.7. The quantitative estimate of drug-likeness (QED) is 0.835. The number of aryl methyl sites for hydroxylation is 1. The van der Waals surface area contributed by atoms with Gasteiger partial charge in [-0.3, -0.25) is 14.3 Å². The van der Waals surface area contributed by atoms with Crippen LogP contribution in [0.2, 0.25) is 0 Å². The highest BCUT2D eigenvalue weighted by Gasteiger charge is 2.34. The van der Waals surface area contributed by atoms with Crippen LogP contribution in [-0.2, 0) is 11.3 Å². The third-order valence-corrected chi connectivity index (χ3v) is 3.72. The number of hydrogen-bond acceptors (Lipinski definition) is 3. The summed E-state index contributed by atoms with van der Waals surface area (Å²) in [6, 6.07) is 2.03. The number of carboxylic acid groups (broad SMARTS) is 1. The van der Waals surface area contributed by atoms with Crippen LogP contribution >= 0.6 is 0 Å². The first-order chi connectivity index (χ1) is 9.93. The molecule has 6 nitrogen and oxygen atoms in total. The molecular weight excluding hydrogens is 270 g/mol. The third kappa shape index (κ3) is 3.62. The van der Waals surface area contributed by atoms with E-state index in [4.69, 9.17) is 5.11 Å².